The van der Waals surface area contributed by atoms with Crippen molar-refractivity contribution in [2.24, 2.45) is 0 Å². The second-order valence-corrected chi connectivity index (χ2v) is 3.24. The lowest BCUT2D eigenvalue weighted by atomic mass is 10.2. The van der Waals surface area contributed by atoms with E-state index in [0.717, 1.165) is 11.1 Å². The molecule has 0 fully saturated rings. The van der Waals surface area contributed by atoms with E-state index in [1.54, 1.807) is 0 Å². The molecule has 0 bridgehead atoms. The molecule has 0 atom stereocenters. The highest BCUT2D eigenvalue weighted by Crippen LogP contribution is 2.21. The van der Waals surface area contributed by atoms with Crippen LogP contribution in [-0.4, -0.2) is 13.1 Å². The zero-order chi connectivity index (χ0) is 8.43. The first-order chi connectivity index (χ1) is 5.16. The van der Waals surface area contributed by atoms with Crippen molar-refractivity contribution in [2.45, 2.75) is 13.8 Å². The predicted molar refractivity (Wildman–Crippen MR) is 45.1 cm³/mol. The third kappa shape index (κ3) is 1.43. The molecule has 1 rings (SSSR count). The average Bonchev–Trinajstić information content (AvgIpc) is 2.32. The molecule has 60 valence electrons. The largest absolute Gasteiger partial charge is 0.465 e. The average molecular weight is 170 g/mol. The van der Waals surface area contributed by atoms with Gasteiger partial charge in [0.05, 0.1) is 7.11 Å². The molecule has 0 aliphatic heterocycles. The van der Waals surface area contributed by atoms with Crippen molar-refractivity contribution in [1.82, 2.24) is 0 Å². The fourth-order valence-corrected chi connectivity index (χ4v) is 1.79. The number of methoxy groups -OCH3 is 1. The van der Waals surface area contributed by atoms with E-state index < -0.39 is 0 Å². The molecule has 0 aliphatic carbocycles. The number of hydrogen-bond acceptors (Lipinski definition) is 3. The standard InChI is InChI=1S/C8H10O2S/c1-5-4-11-7(6(5)2)8(9)10-3/h4H,1-3H3. The van der Waals surface area contributed by atoms with Gasteiger partial charge >= 0.3 is 5.97 Å². The van der Waals surface area contributed by atoms with Crippen molar-refractivity contribution in [3.63, 3.8) is 0 Å². The first kappa shape index (κ1) is 8.27. The molecule has 3 heteroatoms. The molecular weight excluding hydrogens is 160 g/mol. The van der Waals surface area contributed by atoms with Crippen molar-refractivity contribution in [1.29, 1.82) is 0 Å². The van der Waals surface area contributed by atoms with Gasteiger partial charge in [-0.25, -0.2) is 4.79 Å². The Kier molecular flexibility index (Phi) is 2.29. The van der Waals surface area contributed by atoms with E-state index in [1.807, 2.05) is 19.2 Å². The lowest BCUT2D eigenvalue weighted by Crippen LogP contribution is -1.99. The Morgan fingerprint density at radius 3 is 2.55 bits per heavy atom. The smallest absolute Gasteiger partial charge is 0.348 e. The molecule has 0 aliphatic rings. The summed E-state index contributed by atoms with van der Waals surface area (Å²) in [6.45, 7) is 3.91. The topological polar surface area (TPSA) is 26.3 Å². The quantitative estimate of drug-likeness (QED) is 0.604. The van der Waals surface area contributed by atoms with E-state index in [2.05, 4.69) is 4.74 Å². The van der Waals surface area contributed by atoms with Gasteiger partial charge in [0, 0.05) is 0 Å². The van der Waals surface area contributed by atoms with E-state index in [0.29, 0.717) is 4.88 Å². The van der Waals surface area contributed by atoms with E-state index in [1.165, 1.54) is 18.4 Å². The van der Waals surface area contributed by atoms with Crippen LogP contribution >= 0.6 is 11.3 Å². The van der Waals surface area contributed by atoms with Crippen LogP contribution in [0.4, 0.5) is 0 Å². The van der Waals surface area contributed by atoms with Crippen molar-refractivity contribution in [3.8, 4) is 0 Å². The second kappa shape index (κ2) is 3.05. The highest BCUT2D eigenvalue weighted by Gasteiger charge is 2.11. The number of thiophene rings is 1. The molecule has 0 N–H and O–H groups in total. The van der Waals surface area contributed by atoms with E-state index in [9.17, 15) is 4.79 Å². The fourth-order valence-electron chi connectivity index (χ4n) is 0.797. The first-order valence-electron chi connectivity index (χ1n) is 3.29. The summed E-state index contributed by atoms with van der Waals surface area (Å²) in [5.41, 5.74) is 2.18. The van der Waals surface area contributed by atoms with Crippen LogP contribution in [0.3, 0.4) is 0 Å². The molecule has 0 saturated heterocycles. The molecule has 0 spiro atoms. The molecule has 11 heavy (non-hydrogen) atoms. The molecule has 1 aromatic heterocycles. The van der Waals surface area contributed by atoms with Crippen molar-refractivity contribution >= 4 is 17.3 Å². The van der Waals surface area contributed by atoms with Gasteiger partial charge in [-0.15, -0.1) is 11.3 Å². The van der Waals surface area contributed by atoms with Gasteiger partial charge in [-0.3, -0.25) is 0 Å². The van der Waals surface area contributed by atoms with Gasteiger partial charge in [-0.05, 0) is 30.4 Å². The Morgan fingerprint density at radius 2 is 2.18 bits per heavy atom. The predicted octanol–water partition coefficient (Wildman–Crippen LogP) is 2.15. The molecule has 1 heterocycles. The number of carbonyl (C=O) groups excluding carboxylic acids is 1. The summed E-state index contributed by atoms with van der Waals surface area (Å²) in [5, 5.41) is 1.96. The minimum absolute atomic E-state index is 0.236. The monoisotopic (exact) mass is 170 g/mol. The van der Waals surface area contributed by atoms with Gasteiger partial charge < -0.3 is 4.74 Å². The van der Waals surface area contributed by atoms with Crippen LogP contribution < -0.4 is 0 Å². The summed E-state index contributed by atoms with van der Waals surface area (Å²) < 4.78 is 4.60. The summed E-state index contributed by atoms with van der Waals surface area (Å²) in [4.78, 5) is 11.7. The molecule has 0 aromatic carbocycles. The minimum Gasteiger partial charge on any atom is -0.465 e. The van der Waals surface area contributed by atoms with E-state index >= 15 is 0 Å². The van der Waals surface area contributed by atoms with Crippen LogP contribution in [0.15, 0.2) is 5.38 Å². The van der Waals surface area contributed by atoms with Crippen molar-refractivity contribution in [2.75, 3.05) is 7.11 Å². The number of aryl methyl sites for hydroxylation is 1. The summed E-state index contributed by atoms with van der Waals surface area (Å²) in [7, 11) is 1.40. The molecule has 0 amide bonds. The zero-order valence-corrected chi connectivity index (χ0v) is 7.62. The van der Waals surface area contributed by atoms with Crippen molar-refractivity contribution in [3.05, 3.63) is 21.4 Å². The van der Waals surface area contributed by atoms with Gasteiger partial charge in [0.15, 0.2) is 0 Å². The fraction of sp³-hybridized carbons (Fsp3) is 0.375. The lowest BCUT2D eigenvalue weighted by Gasteiger charge is -1.95. The lowest BCUT2D eigenvalue weighted by molar-refractivity contribution is 0.0605. The summed E-state index contributed by atoms with van der Waals surface area (Å²) in [6, 6.07) is 0. The highest BCUT2D eigenvalue weighted by molar-refractivity contribution is 7.12. The third-order valence-corrected chi connectivity index (χ3v) is 2.84. The maximum absolute atomic E-state index is 11.0. The van der Waals surface area contributed by atoms with Crippen LogP contribution in [0.1, 0.15) is 20.8 Å². The third-order valence-electron chi connectivity index (χ3n) is 1.66. The molecule has 0 radical (unpaired) electrons. The van der Waals surface area contributed by atoms with Gasteiger partial charge in [0.25, 0.3) is 0 Å². The maximum Gasteiger partial charge on any atom is 0.348 e. The second-order valence-electron chi connectivity index (χ2n) is 2.36. The minimum atomic E-state index is -0.236. The number of rotatable bonds is 1. The molecule has 1 aromatic rings. The number of esters is 1. The van der Waals surface area contributed by atoms with Crippen molar-refractivity contribution < 1.29 is 9.53 Å². The number of hydrogen-bond donors (Lipinski definition) is 0. The molecule has 0 unspecified atom stereocenters. The van der Waals surface area contributed by atoms with E-state index in [4.69, 9.17) is 0 Å². The Bertz CT molecular complexity index is 276. The Hall–Kier alpha value is -0.830. The van der Waals surface area contributed by atoms with Gasteiger partial charge in [0.2, 0.25) is 0 Å². The normalized spacial score (nSPS) is 9.73. The summed E-state index contributed by atoms with van der Waals surface area (Å²) in [5.74, 6) is -0.236. The van der Waals surface area contributed by atoms with Gasteiger partial charge in [-0.2, -0.15) is 0 Å². The maximum atomic E-state index is 11.0. The van der Waals surface area contributed by atoms with Gasteiger partial charge in [-0.1, -0.05) is 0 Å². The molecular formula is C8H10O2S. The Morgan fingerprint density at radius 1 is 1.55 bits per heavy atom. The van der Waals surface area contributed by atoms with Crippen LogP contribution in [0.5, 0.6) is 0 Å². The van der Waals surface area contributed by atoms with Crippen LogP contribution in [0.25, 0.3) is 0 Å². The van der Waals surface area contributed by atoms with Gasteiger partial charge in [0.1, 0.15) is 4.88 Å². The van der Waals surface area contributed by atoms with Crippen LogP contribution in [0.2, 0.25) is 0 Å². The first-order valence-corrected chi connectivity index (χ1v) is 4.17. The Balaban J connectivity index is 3.04. The molecule has 2 nitrogen and oxygen atoms in total. The molecule has 0 saturated carbocycles. The van der Waals surface area contributed by atoms with E-state index in [-0.39, 0.29) is 5.97 Å². The zero-order valence-electron chi connectivity index (χ0n) is 6.80. The summed E-state index contributed by atoms with van der Waals surface area (Å²) in [6.07, 6.45) is 0. The summed E-state index contributed by atoms with van der Waals surface area (Å²) >= 11 is 1.43. The highest BCUT2D eigenvalue weighted by atomic mass is 32.1. The van der Waals surface area contributed by atoms with Crippen LogP contribution in [-0.2, 0) is 4.74 Å². The number of carbonyl (C=O) groups is 1. The SMILES string of the molecule is COC(=O)c1scc(C)c1C. The number of ether oxygens (including phenoxy) is 1. The Labute approximate surface area is 69.8 Å². The van der Waals surface area contributed by atoms with Crippen LogP contribution in [0, 0.1) is 13.8 Å².